The zero-order valence-corrected chi connectivity index (χ0v) is 8.26. The number of carbonyl (C=O) groups excluding carboxylic acids is 1. The summed E-state index contributed by atoms with van der Waals surface area (Å²) in [5.41, 5.74) is 0. The summed E-state index contributed by atoms with van der Waals surface area (Å²) in [6, 6.07) is 0. The van der Waals surface area contributed by atoms with E-state index in [0.717, 1.165) is 19.1 Å². The maximum Gasteiger partial charge on any atom is 0.420 e. The molecule has 0 heterocycles. The molecule has 1 amide bonds. The fraction of sp³-hybridized carbons (Fsp3) is 0.857. The summed E-state index contributed by atoms with van der Waals surface area (Å²) in [6.07, 6.45) is 3.33. The summed E-state index contributed by atoms with van der Waals surface area (Å²) in [7, 11) is -3.48. The summed E-state index contributed by atoms with van der Waals surface area (Å²) < 4.78 is 27.5. The Labute approximate surface area is 77.5 Å². The van der Waals surface area contributed by atoms with Gasteiger partial charge in [0.2, 0.25) is 10.0 Å². The Morgan fingerprint density at radius 3 is 2.54 bits per heavy atom. The van der Waals surface area contributed by atoms with Crippen LogP contribution >= 0.6 is 0 Å². The highest BCUT2D eigenvalue weighted by molar-refractivity contribution is 7.89. The molecule has 0 bridgehead atoms. The van der Waals surface area contributed by atoms with Gasteiger partial charge >= 0.3 is 6.09 Å². The Balaban J connectivity index is 2.17. The zero-order valence-electron chi connectivity index (χ0n) is 7.45. The van der Waals surface area contributed by atoms with Gasteiger partial charge in [0.05, 0.1) is 12.9 Å². The molecule has 0 aromatic rings. The van der Waals surface area contributed by atoms with Crippen LogP contribution in [0.2, 0.25) is 0 Å². The Bertz CT molecular complexity index is 281. The van der Waals surface area contributed by atoms with E-state index in [4.69, 9.17) is 4.74 Å². The van der Waals surface area contributed by atoms with Crippen LogP contribution in [-0.4, -0.2) is 27.4 Å². The third kappa shape index (κ3) is 4.12. The van der Waals surface area contributed by atoms with E-state index in [1.54, 1.807) is 4.72 Å². The molecule has 0 unspecified atom stereocenters. The second-order valence-electron chi connectivity index (χ2n) is 3.27. The molecule has 1 aliphatic rings. The molecule has 5 nitrogen and oxygen atoms in total. The third-order valence-electron chi connectivity index (χ3n) is 1.94. The van der Waals surface area contributed by atoms with Gasteiger partial charge in [-0.15, -0.1) is 0 Å². The molecule has 0 aliphatic heterocycles. The first-order valence-corrected chi connectivity index (χ1v) is 6.01. The largest absolute Gasteiger partial charge is 0.449 e. The molecule has 1 aliphatic carbocycles. The standard InChI is InChI=1S/C7H13NO4S/c1-13(10,11)8-7(9)12-5-6-3-2-4-6/h6H,2-5H2,1H3,(H,8,9). The summed E-state index contributed by atoms with van der Waals surface area (Å²) >= 11 is 0. The molecular weight excluding hydrogens is 194 g/mol. The second-order valence-corrected chi connectivity index (χ2v) is 5.02. The van der Waals surface area contributed by atoms with Gasteiger partial charge in [-0.05, 0) is 18.8 Å². The summed E-state index contributed by atoms with van der Waals surface area (Å²) in [5.74, 6) is 0.422. The maximum absolute atomic E-state index is 10.8. The Hall–Kier alpha value is -0.780. The van der Waals surface area contributed by atoms with Gasteiger partial charge in [0.1, 0.15) is 0 Å². The highest BCUT2D eigenvalue weighted by Gasteiger charge is 2.19. The van der Waals surface area contributed by atoms with Crippen LogP contribution in [0.3, 0.4) is 0 Å². The number of ether oxygens (including phenoxy) is 1. The lowest BCUT2D eigenvalue weighted by Crippen LogP contribution is -2.32. The topological polar surface area (TPSA) is 72.5 Å². The van der Waals surface area contributed by atoms with Crippen molar-refractivity contribution in [3.05, 3.63) is 0 Å². The number of carbonyl (C=O) groups is 1. The first-order chi connectivity index (χ1) is 5.97. The SMILES string of the molecule is CS(=O)(=O)NC(=O)OCC1CCC1. The van der Waals surface area contributed by atoms with Crippen LogP contribution in [0.1, 0.15) is 19.3 Å². The molecule has 1 rings (SSSR count). The van der Waals surface area contributed by atoms with Crippen molar-refractivity contribution in [2.75, 3.05) is 12.9 Å². The lowest BCUT2D eigenvalue weighted by atomic mass is 9.86. The predicted octanol–water partition coefficient (Wildman–Crippen LogP) is 0.472. The van der Waals surface area contributed by atoms with Gasteiger partial charge in [0.25, 0.3) is 0 Å². The van der Waals surface area contributed by atoms with Crippen molar-refractivity contribution in [3.63, 3.8) is 0 Å². The fourth-order valence-corrected chi connectivity index (χ4v) is 1.40. The van der Waals surface area contributed by atoms with Gasteiger partial charge in [0, 0.05) is 0 Å². The second kappa shape index (κ2) is 3.95. The fourth-order valence-electron chi connectivity index (χ4n) is 1.03. The zero-order chi connectivity index (χ0) is 9.90. The van der Waals surface area contributed by atoms with Crippen LogP contribution in [0.4, 0.5) is 4.79 Å². The smallest absolute Gasteiger partial charge is 0.420 e. The minimum absolute atomic E-state index is 0.321. The van der Waals surface area contributed by atoms with Crippen molar-refractivity contribution >= 4 is 16.1 Å². The molecule has 13 heavy (non-hydrogen) atoms. The Morgan fingerprint density at radius 2 is 2.15 bits per heavy atom. The van der Waals surface area contributed by atoms with E-state index in [2.05, 4.69) is 0 Å². The lowest BCUT2D eigenvalue weighted by Gasteiger charge is -2.24. The van der Waals surface area contributed by atoms with Crippen molar-refractivity contribution in [2.45, 2.75) is 19.3 Å². The highest BCUT2D eigenvalue weighted by atomic mass is 32.2. The van der Waals surface area contributed by atoms with E-state index in [1.165, 1.54) is 6.42 Å². The molecule has 0 aromatic heterocycles. The van der Waals surface area contributed by atoms with Gasteiger partial charge < -0.3 is 4.74 Å². The first kappa shape index (κ1) is 10.3. The highest BCUT2D eigenvalue weighted by Crippen LogP contribution is 2.26. The number of amides is 1. The minimum atomic E-state index is -3.48. The van der Waals surface area contributed by atoms with Crippen LogP contribution < -0.4 is 4.72 Å². The number of sulfonamides is 1. The number of hydrogen-bond acceptors (Lipinski definition) is 4. The van der Waals surface area contributed by atoms with Gasteiger partial charge in [-0.25, -0.2) is 17.9 Å². The van der Waals surface area contributed by atoms with E-state index in [1.807, 2.05) is 0 Å². The van der Waals surface area contributed by atoms with Crippen LogP contribution in [-0.2, 0) is 14.8 Å². The van der Waals surface area contributed by atoms with Crippen molar-refractivity contribution in [1.29, 1.82) is 0 Å². The Morgan fingerprint density at radius 1 is 1.54 bits per heavy atom. The number of rotatable bonds is 3. The monoisotopic (exact) mass is 207 g/mol. The summed E-state index contributed by atoms with van der Waals surface area (Å²) in [4.78, 5) is 10.8. The quantitative estimate of drug-likeness (QED) is 0.730. The molecule has 1 saturated carbocycles. The minimum Gasteiger partial charge on any atom is -0.449 e. The van der Waals surface area contributed by atoms with Crippen molar-refractivity contribution in [1.82, 2.24) is 4.72 Å². The average Bonchev–Trinajstić information content (AvgIpc) is 1.78. The Kier molecular flexibility index (Phi) is 3.13. The lowest BCUT2D eigenvalue weighted by molar-refractivity contribution is 0.108. The predicted molar refractivity (Wildman–Crippen MR) is 46.7 cm³/mol. The van der Waals surface area contributed by atoms with E-state index >= 15 is 0 Å². The molecule has 6 heteroatoms. The van der Waals surface area contributed by atoms with E-state index < -0.39 is 16.1 Å². The first-order valence-electron chi connectivity index (χ1n) is 4.12. The number of nitrogens with one attached hydrogen (secondary N) is 1. The maximum atomic E-state index is 10.8. The molecule has 0 aromatic carbocycles. The third-order valence-corrected chi connectivity index (χ3v) is 2.48. The van der Waals surface area contributed by atoms with E-state index in [9.17, 15) is 13.2 Å². The molecule has 1 N–H and O–H groups in total. The molecule has 1 fully saturated rings. The summed E-state index contributed by atoms with van der Waals surface area (Å²) in [5, 5.41) is 0. The van der Waals surface area contributed by atoms with Crippen LogP contribution in [0, 0.1) is 5.92 Å². The molecule has 0 spiro atoms. The van der Waals surface area contributed by atoms with Gasteiger partial charge in [-0.2, -0.15) is 0 Å². The number of hydrogen-bond donors (Lipinski definition) is 1. The van der Waals surface area contributed by atoms with Gasteiger partial charge in [0.15, 0.2) is 0 Å². The normalized spacial score (nSPS) is 17.6. The summed E-state index contributed by atoms with van der Waals surface area (Å²) in [6.45, 7) is 0.321. The van der Waals surface area contributed by atoms with E-state index in [0.29, 0.717) is 12.5 Å². The van der Waals surface area contributed by atoms with Crippen LogP contribution in [0.15, 0.2) is 0 Å². The molecule has 0 radical (unpaired) electrons. The molecule has 0 atom stereocenters. The van der Waals surface area contributed by atoms with Crippen molar-refractivity contribution in [3.8, 4) is 0 Å². The molecular formula is C7H13NO4S. The molecule has 0 saturated heterocycles. The van der Waals surface area contributed by atoms with Gasteiger partial charge in [-0.1, -0.05) is 6.42 Å². The average molecular weight is 207 g/mol. The van der Waals surface area contributed by atoms with Crippen molar-refractivity contribution in [2.24, 2.45) is 5.92 Å². The van der Waals surface area contributed by atoms with Crippen LogP contribution in [0.25, 0.3) is 0 Å². The van der Waals surface area contributed by atoms with Gasteiger partial charge in [-0.3, -0.25) is 0 Å². The van der Waals surface area contributed by atoms with Crippen molar-refractivity contribution < 1.29 is 17.9 Å². The molecule has 76 valence electrons. The van der Waals surface area contributed by atoms with E-state index in [-0.39, 0.29) is 0 Å². The van der Waals surface area contributed by atoms with Crippen LogP contribution in [0.5, 0.6) is 0 Å².